The lowest BCUT2D eigenvalue weighted by Gasteiger charge is -2.18. The summed E-state index contributed by atoms with van der Waals surface area (Å²) in [5, 5.41) is 3.25. The lowest BCUT2D eigenvalue weighted by molar-refractivity contribution is 0.166. The van der Waals surface area contributed by atoms with Gasteiger partial charge in [-0.25, -0.2) is 0 Å². The second-order valence-corrected chi connectivity index (χ2v) is 5.65. The molecule has 0 aromatic heterocycles. The Bertz CT molecular complexity index is 391. The Balaban J connectivity index is 2.06. The summed E-state index contributed by atoms with van der Waals surface area (Å²) in [5.74, 6) is 1.49. The number of halogens is 1. The minimum Gasteiger partial charge on any atom is -0.493 e. The molecule has 1 N–H and O–H groups in total. The first-order valence-electron chi connectivity index (χ1n) is 6.38. The molecular formula is C14H20BrNO2. The highest BCUT2D eigenvalue weighted by molar-refractivity contribution is 9.10. The average molecular weight is 314 g/mol. The summed E-state index contributed by atoms with van der Waals surface area (Å²) in [6, 6.07) is 6.48. The summed E-state index contributed by atoms with van der Waals surface area (Å²) in [6.07, 6.45) is 1.10. The topological polar surface area (TPSA) is 30.5 Å². The van der Waals surface area contributed by atoms with E-state index in [1.54, 1.807) is 0 Å². The fourth-order valence-electron chi connectivity index (χ4n) is 2.07. The molecule has 1 aliphatic rings. The molecule has 0 amide bonds. The van der Waals surface area contributed by atoms with Crippen LogP contribution >= 0.6 is 15.9 Å². The predicted molar refractivity (Wildman–Crippen MR) is 76.0 cm³/mol. The van der Waals surface area contributed by atoms with Gasteiger partial charge >= 0.3 is 0 Å². The van der Waals surface area contributed by atoms with Crippen LogP contribution in [0.4, 0.5) is 0 Å². The number of rotatable bonds is 5. The summed E-state index contributed by atoms with van der Waals surface area (Å²) < 4.78 is 12.4. The molecule has 1 saturated heterocycles. The van der Waals surface area contributed by atoms with Gasteiger partial charge < -0.3 is 14.8 Å². The first-order chi connectivity index (χ1) is 8.70. The zero-order valence-corrected chi connectivity index (χ0v) is 12.5. The maximum atomic E-state index is 5.97. The van der Waals surface area contributed by atoms with E-state index in [0.717, 1.165) is 36.5 Å². The second kappa shape index (κ2) is 6.55. The summed E-state index contributed by atoms with van der Waals surface area (Å²) >= 11 is 3.50. The molecule has 2 unspecified atom stereocenters. The van der Waals surface area contributed by atoms with E-state index in [1.807, 2.05) is 13.1 Å². The minimum atomic E-state index is 0.285. The number of ether oxygens (including phenoxy) is 2. The summed E-state index contributed by atoms with van der Waals surface area (Å²) in [6.45, 7) is 4.56. The molecule has 2 atom stereocenters. The molecule has 0 radical (unpaired) electrons. The quantitative estimate of drug-likeness (QED) is 0.906. The van der Waals surface area contributed by atoms with E-state index in [4.69, 9.17) is 9.47 Å². The van der Waals surface area contributed by atoms with Gasteiger partial charge in [0.25, 0.3) is 0 Å². The van der Waals surface area contributed by atoms with Crippen LogP contribution < -0.4 is 10.1 Å². The lowest BCUT2D eigenvalue weighted by atomic mass is 10.1. The van der Waals surface area contributed by atoms with Crippen LogP contribution in [0.1, 0.15) is 24.9 Å². The van der Waals surface area contributed by atoms with Crippen LogP contribution in [0.5, 0.6) is 5.75 Å². The van der Waals surface area contributed by atoms with Crippen molar-refractivity contribution in [2.45, 2.75) is 19.4 Å². The maximum Gasteiger partial charge on any atom is 0.125 e. The van der Waals surface area contributed by atoms with Crippen molar-refractivity contribution in [3.05, 3.63) is 28.2 Å². The van der Waals surface area contributed by atoms with Gasteiger partial charge in [-0.05, 0) is 32.5 Å². The van der Waals surface area contributed by atoms with Gasteiger partial charge in [0.2, 0.25) is 0 Å². The van der Waals surface area contributed by atoms with Crippen LogP contribution in [0, 0.1) is 5.92 Å². The summed E-state index contributed by atoms with van der Waals surface area (Å²) in [7, 11) is 1.96. The Morgan fingerprint density at radius 2 is 2.39 bits per heavy atom. The molecule has 0 spiro atoms. The highest BCUT2D eigenvalue weighted by Gasteiger charge is 2.18. The van der Waals surface area contributed by atoms with Gasteiger partial charge in [-0.15, -0.1) is 0 Å². The number of benzene rings is 1. The number of hydrogen-bond acceptors (Lipinski definition) is 3. The van der Waals surface area contributed by atoms with Gasteiger partial charge in [0, 0.05) is 28.6 Å². The van der Waals surface area contributed by atoms with Crippen molar-refractivity contribution in [2.24, 2.45) is 5.92 Å². The van der Waals surface area contributed by atoms with E-state index >= 15 is 0 Å². The Morgan fingerprint density at radius 3 is 3.06 bits per heavy atom. The molecule has 3 nitrogen and oxygen atoms in total. The van der Waals surface area contributed by atoms with Crippen molar-refractivity contribution in [1.29, 1.82) is 0 Å². The predicted octanol–water partition coefficient (Wildman–Crippen LogP) is 3.14. The second-order valence-electron chi connectivity index (χ2n) is 4.73. The van der Waals surface area contributed by atoms with Crippen LogP contribution in [0.2, 0.25) is 0 Å². The molecule has 100 valence electrons. The van der Waals surface area contributed by atoms with Crippen LogP contribution in [-0.2, 0) is 4.74 Å². The van der Waals surface area contributed by atoms with Crippen molar-refractivity contribution >= 4 is 15.9 Å². The summed E-state index contributed by atoms with van der Waals surface area (Å²) in [4.78, 5) is 0. The SMILES string of the molecule is CNC(C)c1ccc(Br)cc1OCC1CCOC1. The van der Waals surface area contributed by atoms with E-state index in [0.29, 0.717) is 5.92 Å². The standard InChI is InChI=1S/C14H20BrNO2/c1-10(16-2)13-4-3-12(15)7-14(13)18-9-11-5-6-17-8-11/h3-4,7,10-11,16H,5-6,8-9H2,1-2H3. The third kappa shape index (κ3) is 3.46. The first kappa shape index (κ1) is 13.8. The maximum absolute atomic E-state index is 5.97. The van der Waals surface area contributed by atoms with Crippen LogP contribution in [0.25, 0.3) is 0 Å². The molecule has 0 saturated carbocycles. The van der Waals surface area contributed by atoms with Crippen molar-refractivity contribution < 1.29 is 9.47 Å². The Morgan fingerprint density at radius 1 is 1.56 bits per heavy atom. The summed E-state index contributed by atoms with van der Waals surface area (Å²) in [5.41, 5.74) is 1.19. The van der Waals surface area contributed by atoms with Gasteiger partial charge in [0.15, 0.2) is 0 Å². The fraction of sp³-hybridized carbons (Fsp3) is 0.571. The fourth-order valence-corrected chi connectivity index (χ4v) is 2.41. The normalized spacial score (nSPS) is 20.9. The molecule has 0 aliphatic carbocycles. The zero-order chi connectivity index (χ0) is 13.0. The Labute approximate surface area is 117 Å². The van der Waals surface area contributed by atoms with Gasteiger partial charge in [-0.1, -0.05) is 22.0 Å². The first-order valence-corrected chi connectivity index (χ1v) is 7.17. The average Bonchev–Trinajstić information content (AvgIpc) is 2.88. The molecule has 2 rings (SSSR count). The Kier molecular flexibility index (Phi) is 5.03. The van der Waals surface area contributed by atoms with E-state index < -0.39 is 0 Å². The van der Waals surface area contributed by atoms with Crippen molar-refractivity contribution in [3.8, 4) is 5.75 Å². The highest BCUT2D eigenvalue weighted by Crippen LogP contribution is 2.29. The van der Waals surface area contributed by atoms with Crippen LogP contribution in [0.15, 0.2) is 22.7 Å². The van der Waals surface area contributed by atoms with Crippen LogP contribution in [0.3, 0.4) is 0 Å². The van der Waals surface area contributed by atoms with E-state index in [-0.39, 0.29) is 6.04 Å². The molecule has 1 fully saturated rings. The molecule has 1 heterocycles. The van der Waals surface area contributed by atoms with E-state index in [9.17, 15) is 0 Å². The molecule has 4 heteroatoms. The third-order valence-corrected chi connectivity index (χ3v) is 3.87. The molecule has 18 heavy (non-hydrogen) atoms. The minimum absolute atomic E-state index is 0.285. The van der Waals surface area contributed by atoms with E-state index in [1.165, 1.54) is 5.56 Å². The van der Waals surface area contributed by atoms with Crippen LogP contribution in [-0.4, -0.2) is 26.9 Å². The van der Waals surface area contributed by atoms with Gasteiger partial charge in [-0.3, -0.25) is 0 Å². The van der Waals surface area contributed by atoms with Crippen molar-refractivity contribution in [3.63, 3.8) is 0 Å². The van der Waals surface area contributed by atoms with E-state index in [2.05, 4.69) is 40.3 Å². The van der Waals surface area contributed by atoms with Gasteiger partial charge in [0.1, 0.15) is 5.75 Å². The number of nitrogens with one attached hydrogen (secondary N) is 1. The Hall–Kier alpha value is -0.580. The lowest BCUT2D eigenvalue weighted by Crippen LogP contribution is -2.16. The zero-order valence-electron chi connectivity index (χ0n) is 10.9. The molecule has 0 bridgehead atoms. The molecule has 1 aromatic carbocycles. The van der Waals surface area contributed by atoms with Crippen molar-refractivity contribution in [2.75, 3.05) is 26.9 Å². The van der Waals surface area contributed by atoms with Gasteiger partial charge in [0.05, 0.1) is 13.2 Å². The molecule has 1 aromatic rings. The smallest absolute Gasteiger partial charge is 0.125 e. The monoisotopic (exact) mass is 313 g/mol. The van der Waals surface area contributed by atoms with Gasteiger partial charge in [-0.2, -0.15) is 0 Å². The number of hydrogen-bond donors (Lipinski definition) is 1. The third-order valence-electron chi connectivity index (χ3n) is 3.37. The van der Waals surface area contributed by atoms with Crippen molar-refractivity contribution in [1.82, 2.24) is 5.32 Å². The molecular weight excluding hydrogens is 294 g/mol. The largest absolute Gasteiger partial charge is 0.493 e. The molecule has 1 aliphatic heterocycles. The highest BCUT2D eigenvalue weighted by atomic mass is 79.9.